The number of amides is 1. The molecule has 0 atom stereocenters. The van der Waals surface area contributed by atoms with Crippen LogP contribution in [0.25, 0.3) is 22.2 Å². The molecule has 1 N–H and O–H groups in total. The highest BCUT2D eigenvalue weighted by Gasteiger charge is 2.20. The molecule has 0 aliphatic rings. The van der Waals surface area contributed by atoms with Crippen LogP contribution >= 0.6 is 0 Å². The van der Waals surface area contributed by atoms with Gasteiger partial charge in [-0.05, 0) is 93.4 Å². The van der Waals surface area contributed by atoms with Crippen molar-refractivity contribution in [2.75, 3.05) is 19.0 Å². The number of aryl methyl sites for hydroxylation is 2. The average molecular weight is 441 g/mol. The van der Waals surface area contributed by atoms with Gasteiger partial charge in [0.2, 0.25) is 0 Å². The van der Waals surface area contributed by atoms with Crippen molar-refractivity contribution in [1.29, 1.82) is 0 Å². The average Bonchev–Trinajstić information content (AvgIpc) is 2.80. The summed E-state index contributed by atoms with van der Waals surface area (Å²) in [5.74, 6) is 1.38. The van der Waals surface area contributed by atoms with Gasteiger partial charge in [0.25, 0.3) is 5.91 Å². The molecule has 0 saturated heterocycles. The van der Waals surface area contributed by atoms with Gasteiger partial charge < -0.3 is 14.8 Å². The lowest BCUT2D eigenvalue weighted by Crippen LogP contribution is -2.15. The minimum atomic E-state index is -0.163. The molecule has 0 unspecified atom stereocenters. The third-order valence-electron chi connectivity index (χ3n) is 5.68. The Morgan fingerprint density at radius 3 is 2.24 bits per heavy atom. The van der Waals surface area contributed by atoms with Gasteiger partial charge >= 0.3 is 0 Å². The van der Waals surface area contributed by atoms with E-state index in [0.717, 1.165) is 50.3 Å². The zero-order chi connectivity index (χ0) is 23.5. The molecule has 5 heteroatoms. The number of anilines is 1. The van der Waals surface area contributed by atoms with E-state index in [0.29, 0.717) is 17.9 Å². The molecule has 168 valence electrons. The van der Waals surface area contributed by atoms with E-state index in [1.54, 1.807) is 7.11 Å². The second-order valence-corrected chi connectivity index (χ2v) is 8.08. The summed E-state index contributed by atoms with van der Waals surface area (Å²) in [7, 11) is 1.64. The predicted molar refractivity (Wildman–Crippen MR) is 134 cm³/mol. The van der Waals surface area contributed by atoms with Gasteiger partial charge in [-0.2, -0.15) is 0 Å². The highest BCUT2D eigenvalue weighted by atomic mass is 16.5. The zero-order valence-corrected chi connectivity index (χ0v) is 19.7. The molecule has 4 aromatic rings. The number of aromatic nitrogens is 1. The van der Waals surface area contributed by atoms with Gasteiger partial charge in [-0.25, -0.2) is 4.98 Å². The highest BCUT2D eigenvalue weighted by Crippen LogP contribution is 2.33. The second-order valence-electron chi connectivity index (χ2n) is 8.08. The molecular weight excluding hydrogens is 412 g/mol. The van der Waals surface area contributed by atoms with Crippen LogP contribution in [0.5, 0.6) is 11.5 Å². The van der Waals surface area contributed by atoms with Crippen LogP contribution in [0.1, 0.15) is 34.0 Å². The van der Waals surface area contributed by atoms with Gasteiger partial charge in [0.15, 0.2) is 0 Å². The molecular formula is C28H28N2O3. The Morgan fingerprint density at radius 1 is 0.939 bits per heavy atom. The molecule has 0 saturated carbocycles. The smallest absolute Gasteiger partial charge is 0.256 e. The van der Waals surface area contributed by atoms with E-state index in [-0.39, 0.29) is 5.91 Å². The molecule has 1 amide bonds. The number of rotatable bonds is 6. The lowest BCUT2D eigenvalue weighted by atomic mass is 9.94. The van der Waals surface area contributed by atoms with Gasteiger partial charge in [0.1, 0.15) is 11.5 Å². The summed E-state index contributed by atoms with van der Waals surface area (Å²) in [6, 6.07) is 19.3. The SMILES string of the molecule is CCOc1ccc(NC(=O)c2c(C)c(-c3ccc(OC)cc3)nc3c(C)cc(C)cc23)cc1. The molecule has 1 heterocycles. The fourth-order valence-electron chi connectivity index (χ4n) is 4.13. The Kier molecular flexibility index (Phi) is 6.31. The number of hydrogen-bond acceptors (Lipinski definition) is 4. The van der Waals surface area contributed by atoms with Gasteiger partial charge in [0, 0.05) is 16.6 Å². The van der Waals surface area contributed by atoms with E-state index in [9.17, 15) is 4.79 Å². The van der Waals surface area contributed by atoms with E-state index in [1.165, 1.54) is 0 Å². The number of pyridine rings is 1. The summed E-state index contributed by atoms with van der Waals surface area (Å²) < 4.78 is 10.8. The number of benzene rings is 3. The Hall–Kier alpha value is -3.86. The Balaban J connectivity index is 1.84. The van der Waals surface area contributed by atoms with E-state index in [4.69, 9.17) is 14.5 Å². The van der Waals surface area contributed by atoms with E-state index in [1.807, 2.05) is 82.3 Å². The number of nitrogens with one attached hydrogen (secondary N) is 1. The van der Waals surface area contributed by atoms with Gasteiger partial charge in [-0.3, -0.25) is 4.79 Å². The summed E-state index contributed by atoms with van der Waals surface area (Å²) in [6.07, 6.45) is 0. The molecule has 3 aromatic carbocycles. The summed E-state index contributed by atoms with van der Waals surface area (Å²) in [4.78, 5) is 18.6. The number of carbonyl (C=O) groups is 1. The molecule has 5 nitrogen and oxygen atoms in total. The number of nitrogens with zero attached hydrogens (tertiary/aromatic N) is 1. The molecule has 33 heavy (non-hydrogen) atoms. The van der Waals surface area contributed by atoms with Gasteiger partial charge in [-0.15, -0.1) is 0 Å². The van der Waals surface area contributed by atoms with Crippen molar-refractivity contribution >= 4 is 22.5 Å². The van der Waals surface area contributed by atoms with Crippen LogP contribution in [0, 0.1) is 20.8 Å². The number of hydrogen-bond donors (Lipinski definition) is 1. The van der Waals surface area contributed by atoms with Crippen LogP contribution in [0.15, 0.2) is 60.7 Å². The molecule has 0 fully saturated rings. The quantitative estimate of drug-likeness (QED) is 0.372. The molecule has 0 bridgehead atoms. The number of methoxy groups -OCH3 is 1. The third kappa shape index (κ3) is 4.53. The van der Waals surface area contributed by atoms with E-state index in [2.05, 4.69) is 11.4 Å². The highest BCUT2D eigenvalue weighted by molar-refractivity contribution is 6.15. The topological polar surface area (TPSA) is 60.5 Å². The normalized spacial score (nSPS) is 10.8. The summed E-state index contributed by atoms with van der Waals surface area (Å²) >= 11 is 0. The number of ether oxygens (including phenoxy) is 2. The molecule has 0 spiro atoms. The van der Waals surface area contributed by atoms with Gasteiger partial charge in [0.05, 0.1) is 30.5 Å². The Bertz CT molecular complexity index is 1310. The minimum absolute atomic E-state index is 0.163. The van der Waals surface area contributed by atoms with Crippen molar-refractivity contribution < 1.29 is 14.3 Å². The van der Waals surface area contributed by atoms with Crippen molar-refractivity contribution in [3.05, 3.63) is 82.9 Å². The van der Waals surface area contributed by atoms with Crippen LogP contribution < -0.4 is 14.8 Å². The fourth-order valence-corrected chi connectivity index (χ4v) is 4.13. The first-order valence-electron chi connectivity index (χ1n) is 11.0. The van der Waals surface area contributed by atoms with Crippen molar-refractivity contribution in [3.8, 4) is 22.8 Å². The molecule has 1 aromatic heterocycles. The molecule has 4 rings (SSSR count). The first-order chi connectivity index (χ1) is 15.9. The molecule has 0 radical (unpaired) electrons. The summed E-state index contributed by atoms with van der Waals surface area (Å²) in [5.41, 5.74) is 6.85. The maximum absolute atomic E-state index is 13.6. The minimum Gasteiger partial charge on any atom is -0.497 e. The van der Waals surface area contributed by atoms with Crippen molar-refractivity contribution in [1.82, 2.24) is 4.98 Å². The Labute approximate surface area is 194 Å². The lowest BCUT2D eigenvalue weighted by molar-refractivity contribution is 0.102. The predicted octanol–water partition coefficient (Wildman–Crippen LogP) is 6.49. The van der Waals surface area contributed by atoms with E-state index >= 15 is 0 Å². The van der Waals surface area contributed by atoms with Crippen LogP contribution in [0.2, 0.25) is 0 Å². The largest absolute Gasteiger partial charge is 0.497 e. The first-order valence-corrected chi connectivity index (χ1v) is 11.0. The van der Waals surface area contributed by atoms with Crippen molar-refractivity contribution in [2.24, 2.45) is 0 Å². The monoisotopic (exact) mass is 440 g/mol. The van der Waals surface area contributed by atoms with Crippen LogP contribution in [0.4, 0.5) is 5.69 Å². The Morgan fingerprint density at radius 2 is 1.61 bits per heavy atom. The maximum Gasteiger partial charge on any atom is 0.256 e. The number of fused-ring (bicyclic) bond motifs is 1. The zero-order valence-electron chi connectivity index (χ0n) is 19.7. The summed E-state index contributed by atoms with van der Waals surface area (Å²) in [5, 5.41) is 3.91. The van der Waals surface area contributed by atoms with Crippen LogP contribution in [-0.2, 0) is 0 Å². The maximum atomic E-state index is 13.6. The molecule has 0 aliphatic heterocycles. The number of carbonyl (C=O) groups excluding carboxylic acids is 1. The lowest BCUT2D eigenvalue weighted by Gasteiger charge is -2.17. The van der Waals surface area contributed by atoms with Crippen molar-refractivity contribution in [2.45, 2.75) is 27.7 Å². The standard InChI is InChI=1S/C28H28N2O3/c1-6-33-23-13-9-21(10-14-23)29-28(31)25-19(4)27(20-7-11-22(32-5)12-8-20)30-26-18(3)15-17(2)16-24(25)26/h7-16H,6H2,1-5H3,(H,29,31). The molecule has 0 aliphatic carbocycles. The van der Waals surface area contributed by atoms with Crippen LogP contribution in [-0.4, -0.2) is 24.6 Å². The van der Waals surface area contributed by atoms with Crippen molar-refractivity contribution in [3.63, 3.8) is 0 Å². The van der Waals surface area contributed by atoms with Crippen LogP contribution in [0.3, 0.4) is 0 Å². The van der Waals surface area contributed by atoms with Gasteiger partial charge in [-0.1, -0.05) is 11.6 Å². The third-order valence-corrected chi connectivity index (χ3v) is 5.68. The first kappa shape index (κ1) is 22.3. The summed E-state index contributed by atoms with van der Waals surface area (Å²) in [6.45, 7) is 8.56. The second kappa shape index (κ2) is 9.33. The fraction of sp³-hybridized carbons (Fsp3) is 0.214. The van der Waals surface area contributed by atoms with E-state index < -0.39 is 0 Å².